The van der Waals surface area contributed by atoms with E-state index in [1.807, 2.05) is 36.4 Å². The summed E-state index contributed by atoms with van der Waals surface area (Å²) >= 11 is 0. The largest absolute Gasteiger partial charge is 0.497 e. The molecule has 30 heavy (non-hydrogen) atoms. The third kappa shape index (κ3) is 6.23. The zero-order valence-electron chi connectivity index (χ0n) is 17.4. The number of aromatic carboxylic acids is 1. The molecule has 0 amide bonds. The summed E-state index contributed by atoms with van der Waals surface area (Å²) in [4.78, 5) is 15.8. The number of methoxy groups -OCH3 is 1. The number of nitrogens with one attached hydrogen (secondary N) is 1. The summed E-state index contributed by atoms with van der Waals surface area (Å²) in [5, 5.41) is 16.8. The molecule has 1 heterocycles. The summed E-state index contributed by atoms with van der Waals surface area (Å²) in [5.41, 5.74) is 13.2. The van der Waals surface area contributed by atoms with Crippen LogP contribution in [-0.4, -0.2) is 44.2 Å². The van der Waals surface area contributed by atoms with E-state index in [1.165, 1.54) is 20.3 Å². The van der Waals surface area contributed by atoms with Gasteiger partial charge < -0.3 is 26.7 Å². The first-order valence-electron chi connectivity index (χ1n) is 9.25. The molecule has 0 saturated carbocycles. The zero-order valence-corrected chi connectivity index (χ0v) is 17.4. The highest BCUT2D eigenvalue weighted by atomic mass is 16.5. The third-order valence-corrected chi connectivity index (χ3v) is 4.12. The number of nitrogens with zero attached hydrogens (tertiary/aromatic N) is 1. The normalized spacial score (nSPS) is 12.4. The van der Waals surface area contributed by atoms with Crippen LogP contribution < -0.4 is 16.2 Å². The molecule has 0 radical (unpaired) electrons. The van der Waals surface area contributed by atoms with Crippen molar-refractivity contribution < 1.29 is 14.6 Å². The monoisotopic (exact) mass is 408 g/mol. The fraction of sp³-hybridized carbons (Fsp3) is 0.174. The van der Waals surface area contributed by atoms with E-state index in [0.717, 1.165) is 33.9 Å². The molecule has 0 aliphatic carbocycles. The number of hydrogen-bond acceptors (Lipinski definition) is 6. The lowest BCUT2D eigenvalue weighted by Gasteiger charge is -2.09. The van der Waals surface area contributed by atoms with Gasteiger partial charge in [0.15, 0.2) is 0 Å². The zero-order chi connectivity index (χ0) is 22.5. The lowest BCUT2D eigenvalue weighted by Crippen LogP contribution is -2.00. The van der Waals surface area contributed by atoms with Crippen molar-refractivity contribution >= 4 is 23.6 Å². The minimum Gasteiger partial charge on any atom is -0.497 e. The predicted molar refractivity (Wildman–Crippen MR) is 123 cm³/mol. The molecule has 0 saturated heterocycles. The van der Waals surface area contributed by atoms with Crippen molar-refractivity contribution in [2.24, 2.45) is 16.5 Å². The van der Waals surface area contributed by atoms with Crippen LogP contribution >= 0.6 is 0 Å². The highest BCUT2D eigenvalue weighted by molar-refractivity contribution is 6.12. The molecule has 6 N–H and O–H groups in total. The van der Waals surface area contributed by atoms with Gasteiger partial charge in [-0.3, -0.25) is 0 Å². The summed E-state index contributed by atoms with van der Waals surface area (Å²) in [5.74, 6) is -0.203. The first-order valence-corrected chi connectivity index (χ1v) is 9.25. The number of nitrogens with two attached hydrogens (primary N) is 2. The standard InChI is InChI=1S/C21H18N2O3.2CH5N/c1-26-18-11-9-15(10-12-18)20-17(13-22)3-2-4-19(23-20)14-5-7-16(8-6-14)21(24)25;2*1-2/h2,4-13,22H,3H2,1H3,(H,24,25);2*2H2,1H3. The average molecular weight is 409 g/mol. The van der Waals surface area contributed by atoms with Gasteiger partial charge in [-0.05, 0) is 68.6 Å². The molecule has 0 bridgehead atoms. The number of allylic oxidation sites excluding steroid dienone is 3. The van der Waals surface area contributed by atoms with Crippen LogP contribution in [0.15, 0.2) is 71.2 Å². The first-order chi connectivity index (χ1) is 14.6. The Hall–Kier alpha value is -3.55. The molecule has 0 spiro atoms. The molecule has 0 unspecified atom stereocenters. The van der Waals surface area contributed by atoms with Gasteiger partial charge in [0.05, 0.1) is 24.1 Å². The molecule has 7 heteroatoms. The van der Waals surface area contributed by atoms with Crippen molar-refractivity contribution in [1.82, 2.24) is 0 Å². The second-order valence-electron chi connectivity index (χ2n) is 5.73. The van der Waals surface area contributed by atoms with Crippen molar-refractivity contribution in [1.29, 1.82) is 5.41 Å². The quantitative estimate of drug-likeness (QED) is 0.563. The maximum absolute atomic E-state index is 11.0. The molecule has 1 aliphatic rings. The van der Waals surface area contributed by atoms with E-state index >= 15 is 0 Å². The molecular formula is C23H28N4O3. The minimum absolute atomic E-state index is 0.234. The third-order valence-electron chi connectivity index (χ3n) is 4.12. The van der Waals surface area contributed by atoms with Crippen molar-refractivity contribution in [3.8, 4) is 5.75 Å². The lowest BCUT2D eigenvalue weighted by atomic mass is 10.0. The topological polar surface area (TPSA) is 135 Å². The number of aliphatic imine (C=N–C) groups is 1. The number of carbonyl (C=O) groups is 1. The Labute approximate surface area is 176 Å². The number of hydrogen-bond donors (Lipinski definition) is 4. The molecule has 2 aromatic rings. The molecular weight excluding hydrogens is 380 g/mol. The number of ether oxygens (including phenoxy) is 1. The summed E-state index contributed by atoms with van der Waals surface area (Å²) in [6, 6.07) is 14.2. The van der Waals surface area contributed by atoms with Crippen LogP contribution in [0.5, 0.6) is 5.75 Å². The second kappa shape index (κ2) is 12.8. The van der Waals surface area contributed by atoms with Gasteiger partial charge in [-0.25, -0.2) is 9.79 Å². The Morgan fingerprint density at radius 1 is 1.03 bits per heavy atom. The van der Waals surface area contributed by atoms with Gasteiger partial charge in [0.2, 0.25) is 0 Å². The van der Waals surface area contributed by atoms with Gasteiger partial charge in [0, 0.05) is 17.3 Å². The van der Waals surface area contributed by atoms with E-state index in [9.17, 15) is 4.79 Å². The van der Waals surface area contributed by atoms with Crippen molar-refractivity contribution in [2.45, 2.75) is 6.42 Å². The molecule has 0 fully saturated rings. The van der Waals surface area contributed by atoms with Crippen molar-refractivity contribution in [3.63, 3.8) is 0 Å². The molecule has 2 aromatic carbocycles. The van der Waals surface area contributed by atoms with Gasteiger partial charge in [-0.2, -0.15) is 0 Å². The fourth-order valence-electron chi connectivity index (χ4n) is 2.69. The Bertz CT molecular complexity index is 928. The van der Waals surface area contributed by atoms with Crippen molar-refractivity contribution in [3.05, 3.63) is 82.9 Å². The number of benzene rings is 2. The summed E-state index contributed by atoms with van der Waals surface area (Å²) in [7, 11) is 4.61. The van der Waals surface area contributed by atoms with Gasteiger partial charge in [-0.15, -0.1) is 0 Å². The first kappa shape index (κ1) is 24.5. The van der Waals surface area contributed by atoms with Crippen LogP contribution in [0.2, 0.25) is 0 Å². The van der Waals surface area contributed by atoms with Crippen molar-refractivity contribution in [2.75, 3.05) is 21.2 Å². The molecule has 0 atom stereocenters. The Balaban J connectivity index is 0.00000106. The van der Waals surface area contributed by atoms with Crippen LogP contribution in [0.4, 0.5) is 0 Å². The Kier molecular flexibility index (Phi) is 10.5. The maximum atomic E-state index is 11.0. The number of carboxylic acids is 1. The van der Waals surface area contributed by atoms with E-state index in [2.05, 4.69) is 11.5 Å². The fourth-order valence-corrected chi connectivity index (χ4v) is 2.69. The minimum atomic E-state index is -0.959. The highest BCUT2D eigenvalue weighted by Crippen LogP contribution is 2.27. The van der Waals surface area contributed by atoms with Crippen LogP contribution in [0.1, 0.15) is 27.9 Å². The average Bonchev–Trinajstić information content (AvgIpc) is 3.04. The van der Waals surface area contributed by atoms with Gasteiger partial charge >= 0.3 is 5.97 Å². The lowest BCUT2D eigenvalue weighted by molar-refractivity contribution is 0.0697. The molecule has 1 aliphatic heterocycles. The maximum Gasteiger partial charge on any atom is 0.335 e. The number of rotatable bonds is 5. The molecule has 3 rings (SSSR count). The van der Waals surface area contributed by atoms with Crippen LogP contribution in [0.3, 0.4) is 0 Å². The Morgan fingerprint density at radius 2 is 1.60 bits per heavy atom. The van der Waals surface area contributed by atoms with E-state index in [1.54, 1.807) is 31.4 Å². The van der Waals surface area contributed by atoms with Gasteiger partial charge in [0.1, 0.15) is 5.75 Å². The highest BCUT2D eigenvalue weighted by Gasteiger charge is 2.13. The predicted octanol–water partition coefficient (Wildman–Crippen LogP) is 3.35. The van der Waals surface area contributed by atoms with E-state index in [4.69, 9.17) is 20.2 Å². The molecule has 0 aromatic heterocycles. The summed E-state index contributed by atoms with van der Waals surface area (Å²) in [6.45, 7) is 0. The van der Waals surface area contributed by atoms with Gasteiger partial charge in [0.25, 0.3) is 0 Å². The number of carboxylic acid groups (broad SMARTS) is 1. The summed E-state index contributed by atoms with van der Waals surface area (Å²) < 4.78 is 5.20. The van der Waals surface area contributed by atoms with Crippen LogP contribution in [-0.2, 0) is 0 Å². The van der Waals surface area contributed by atoms with Crippen LogP contribution in [0, 0.1) is 5.41 Å². The Morgan fingerprint density at radius 3 is 2.10 bits per heavy atom. The van der Waals surface area contributed by atoms with Crippen LogP contribution in [0.25, 0.3) is 5.70 Å². The summed E-state index contributed by atoms with van der Waals surface area (Å²) in [6.07, 6.45) is 5.78. The molecule has 158 valence electrons. The SMILES string of the molecule is CN.CN.COc1ccc(C2=C(C=N)CC=CC(c3ccc(C(=O)O)cc3)=N2)cc1. The van der Waals surface area contributed by atoms with E-state index in [-0.39, 0.29) is 5.56 Å². The van der Waals surface area contributed by atoms with E-state index < -0.39 is 5.97 Å². The second-order valence-corrected chi connectivity index (χ2v) is 5.73. The van der Waals surface area contributed by atoms with Gasteiger partial charge in [-0.1, -0.05) is 18.2 Å². The van der Waals surface area contributed by atoms with E-state index in [0.29, 0.717) is 6.42 Å². The smallest absolute Gasteiger partial charge is 0.335 e. The molecule has 7 nitrogen and oxygen atoms in total.